The molecule has 8 nitrogen and oxygen atoms in total. The molecule has 1 saturated carbocycles. The van der Waals surface area contributed by atoms with Crippen LogP contribution in [0.3, 0.4) is 0 Å². The Morgan fingerprint density at radius 1 is 1.13 bits per heavy atom. The van der Waals surface area contributed by atoms with E-state index in [2.05, 4.69) is 25.5 Å². The highest BCUT2D eigenvalue weighted by Gasteiger charge is 2.33. The van der Waals surface area contributed by atoms with E-state index in [0.717, 1.165) is 13.0 Å². The average Bonchev–Trinajstić information content (AvgIpc) is 2.96. The molecule has 5 rings (SSSR count). The number of amides is 1. The van der Waals surface area contributed by atoms with Gasteiger partial charge in [0.2, 0.25) is 5.91 Å². The zero-order chi connectivity index (χ0) is 27.1. The molecule has 204 valence electrons. The van der Waals surface area contributed by atoms with Crippen molar-refractivity contribution in [3.05, 3.63) is 47.5 Å². The molecule has 1 aliphatic carbocycles. The Kier molecular flexibility index (Phi) is 9.58. The number of phenols is 1. The van der Waals surface area contributed by atoms with Crippen molar-refractivity contribution < 1.29 is 19.0 Å². The van der Waals surface area contributed by atoms with Crippen LogP contribution in [0.15, 0.2) is 36.7 Å². The zero-order valence-corrected chi connectivity index (χ0v) is 22.6. The fourth-order valence-electron chi connectivity index (χ4n) is 5.32. The smallest absolute Gasteiger partial charge is 0.237 e. The van der Waals surface area contributed by atoms with Gasteiger partial charge in [-0.2, -0.15) is 0 Å². The molecule has 3 N–H and O–H groups in total. The summed E-state index contributed by atoms with van der Waals surface area (Å²) >= 11 is 5.76. The van der Waals surface area contributed by atoms with E-state index >= 15 is 0 Å². The van der Waals surface area contributed by atoms with Crippen molar-refractivity contribution in [3.8, 4) is 11.5 Å². The summed E-state index contributed by atoms with van der Waals surface area (Å²) in [5, 5.41) is 16.1. The van der Waals surface area contributed by atoms with Gasteiger partial charge in [-0.05, 0) is 50.4 Å². The number of anilines is 2. The minimum absolute atomic E-state index is 0.00729. The van der Waals surface area contributed by atoms with Crippen LogP contribution >= 0.6 is 11.6 Å². The third-order valence-corrected chi connectivity index (χ3v) is 7.57. The lowest BCUT2D eigenvalue weighted by atomic mass is 9.90. The number of ether oxygens (including phenoxy) is 1. The van der Waals surface area contributed by atoms with Gasteiger partial charge in [0.05, 0.1) is 29.4 Å². The number of carbonyl (C=O) groups excluding carboxylic acids is 1. The zero-order valence-electron chi connectivity index (χ0n) is 21.8. The Balaban J connectivity index is 0.000000186. The van der Waals surface area contributed by atoms with Gasteiger partial charge in [0.15, 0.2) is 17.3 Å². The van der Waals surface area contributed by atoms with Gasteiger partial charge in [-0.25, -0.2) is 14.4 Å². The minimum atomic E-state index is -0.575. The molecule has 38 heavy (non-hydrogen) atoms. The van der Waals surface area contributed by atoms with Crippen molar-refractivity contribution in [2.75, 3.05) is 26.0 Å². The summed E-state index contributed by atoms with van der Waals surface area (Å²) in [5.74, 6) is 0.244. The number of likely N-dealkylation sites (tertiary alicyclic amines) is 1. The molecule has 1 atom stereocenters. The summed E-state index contributed by atoms with van der Waals surface area (Å²) in [6.07, 6.45) is 11.5. The normalized spacial score (nSPS) is 18.4. The SMILES string of the molecule is CNC(=O)[C@H]1CCCCN1C1CCCCC1.COc1cc2ncnc(Nc3cccc(Cl)c3F)c2cc1O. The lowest BCUT2D eigenvalue weighted by Gasteiger charge is -2.41. The molecule has 0 radical (unpaired) electrons. The van der Waals surface area contributed by atoms with E-state index in [4.69, 9.17) is 16.3 Å². The summed E-state index contributed by atoms with van der Waals surface area (Å²) in [6, 6.07) is 8.48. The predicted molar refractivity (Wildman–Crippen MR) is 148 cm³/mol. The van der Waals surface area contributed by atoms with Crippen molar-refractivity contribution in [2.45, 2.75) is 63.5 Å². The summed E-state index contributed by atoms with van der Waals surface area (Å²) in [4.78, 5) is 22.6. The molecule has 0 bridgehead atoms. The third-order valence-electron chi connectivity index (χ3n) is 7.28. The lowest BCUT2D eigenvalue weighted by molar-refractivity contribution is -0.128. The summed E-state index contributed by atoms with van der Waals surface area (Å²) < 4.78 is 19.0. The fraction of sp³-hybridized carbons (Fsp3) is 0.464. The molecule has 1 aliphatic heterocycles. The Labute approximate surface area is 227 Å². The highest BCUT2D eigenvalue weighted by atomic mass is 35.5. The molecule has 0 unspecified atom stereocenters. The van der Waals surface area contributed by atoms with Crippen LogP contribution in [0.4, 0.5) is 15.9 Å². The number of hydrogen-bond acceptors (Lipinski definition) is 7. The van der Waals surface area contributed by atoms with Crippen LogP contribution in [-0.2, 0) is 4.79 Å². The number of rotatable bonds is 5. The molecule has 1 aromatic heterocycles. The topological polar surface area (TPSA) is 99.6 Å². The molecule has 2 aliphatic rings. The molecule has 2 fully saturated rings. The molecule has 0 spiro atoms. The van der Waals surface area contributed by atoms with Gasteiger partial charge >= 0.3 is 0 Å². The van der Waals surface area contributed by atoms with E-state index in [-0.39, 0.29) is 28.4 Å². The number of aromatic hydroxyl groups is 1. The first kappa shape index (κ1) is 27.9. The second kappa shape index (κ2) is 13.1. The van der Waals surface area contributed by atoms with Gasteiger partial charge in [-0.3, -0.25) is 9.69 Å². The quantitative estimate of drug-likeness (QED) is 0.374. The number of methoxy groups -OCH3 is 1. The van der Waals surface area contributed by atoms with Crippen molar-refractivity contribution >= 4 is 39.9 Å². The van der Waals surface area contributed by atoms with E-state index in [1.807, 2.05) is 0 Å². The number of piperidine rings is 1. The first-order valence-corrected chi connectivity index (χ1v) is 13.5. The standard InChI is InChI=1S/C15H11ClFN3O2.C13H24N2O/c1-22-13-6-11-8(5-12(13)21)15(19-7-18-11)20-10-4-2-3-9(16)14(10)17;1-14-13(16)12-9-5-6-10-15(12)11-7-3-2-4-8-11/h2-7,21H,1H3,(H,18,19,20);11-12H,2-10H2,1H3,(H,14,16)/t;12-/m.1/s1. The predicted octanol–water partition coefficient (Wildman–Crippen LogP) is 5.80. The fourth-order valence-corrected chi connectivity index (χ4v) is 5.49. The second-order valence-corrected chi connectivity index (χ2v) is 10.1. The van der Waals surface area contributed by atoms with Crippen molar-refractivity contribution in [1.29, 1.82) is 0 Å². The maximum Gasteiger partial charge on any atom is 0.237 e. The molecule has 10 heteroatoms. The highest BCUT2D eigenvalue weighted by molar-refractivity contribution is 6.31. The molecular weight excluding hydrogens is 509 g/mol. The number of nitrogens with one attached hydrogen (secondary N) is 2. The second-order valence-electron chi connectivity index (χ2n) is 9.65. The Morgan fingerprint density at radius 2 is 1.89 bits per heavy atom. The number of phenolic OH excluding ortho intramolecular Hbond substituents is 1. The number of carbonyl (C=O) groups is 1. The van der Waals surface area contributed by atoms with E-state index in [9.17, 15) is 14.3 Å². The largest absolute Gasteiger partial charge is 0.504 e. The van der Waals surface area contributed by atoms with E-state index in [0.29, 0.717) is 28.5 Å². The van der Waals surface area contributed by atoms with E-state index < -0.39 is 5.82 Å². The highest BCUT2D eigenvalue weighted by Crippen LogP contribution is 2.34. The van der Waals surface area contributed by atoms with Crippen LogP contribution in [0, 0.1) is 5.82 Å². The molecule has 2 heterocycles. The van der Waals surface area contributed by atoms with Gasteiger partial charge < -0.3 is 20.5 Å². The van der Waals surface area contributed by atoms with Gasteiger partial charge in [0, 0.05) is 24.5 Å². The lowest BCUT2D eigenvalue weighted by Crippen LogP contribution is -2.53. The number of aromatic nitrogens is 2. The first-order chi connectivity index (χ1) is 18.4. The molecular formula is C28H35ClFN5O3. The average molecular weight is 544 g/mol. The number of likely N-dealkylation sites (N-methyl/N-ethyl adjacent to an activating group) is 1. The van der Waals surface area contributed by atoms with Crippen LogP contribution in [-0.4, -0.2) is 58.7 Å². The van der Waals surface area contributed by atoms with Crippen LogP contribution in [0.1, 0.15) is 51.4 Å². The molecule has 2 aromatic carbocycles. The summed E-state index contributed by atoms with van der Waals surface area (Å²) in [7, 11) is 3.21. The van der Waals surface area contributed by atoms with E-state index in [1.54, 1.807) is 25.2 Å². The number of fused-ring (bicyclic) bond motifs is 1. The third kappa shape index (κ3) is 6.45. The van der Waals surface area contributed by atoms with Crippen LogP contribution in [0.25, 0.3) is 10.9 Å². The van der Waals surface area contributed by atoms with Gasteiger partial charge in [-0.1, -0.05) is 43.4 Å². The van der Waals surface area contributed by atoms with Crippen molar-refractivity contribution in [1.82, 2.24) is 20.2 Å². The molecule has 1 saturated heterocycles. The number of benzene rings is 2. The van der Waals surface area contributed by atoms with Gasteiger partial charge in [0.25, 0.3) is 0 Å². The minimum Gasteiger partial charge on any atom is -0.504 e. The monoisotopic (exact) mass is 543 g/mol. The van der Waals surface area contributed by atoms with Crippen LogP contribution in [0.2, 0.25) is 5.02 Å². The maximum atomic E-state index is 14.0. The van der Waals surface area contributed by atoms with Crippen molar-refractivity contribution in [3.63, 3.8) is 0 Å². The summed E-state index contributed by atoms with van der Waals surface area (Å²) in [6.45, 7) is 1.13. The van der Waals surface area contributed by atoms with Crippen LogP contribution < -0.4 is 15.4 Å². The first-order valence-electron chi connectivity index (χ1n) is 13.1. The number of halogens is 2. The van der Waals surface area contributed by atoms with E-state index in [1.165, 1.54) is 70.5 Å². The molecule has 3 aromatic rings. The van der Waals surface area contributed by atoms with Gasteiger partial charge in [-0.15, -0.1) is 0 Å². The maximum absolute atomic E-state index is 14.0. The van der Waals surface area contributed by atoms with Crippen LogP contribution in [0.5, 0.6) is 11.5 Å². The molecule has 1 amide bonds. The van der Waals surface area contributed by atoms with Gasteiger partial charge in [0.1, 0.15) is 12.1 Å². The Bertz CT molecular complexity index is 1250. The number of nitrogens with zero attached hydrogens (tertiary/aromatic N) is 3. The van der Waals surface area contributed by atoms with Crippen molar-refractivity contribution in [2.24, 2.45) is 0 Å². The number of hydrogen-bond donors (Lipinski definition) is 3. The Hall–Kier alpha value is -3.17. The Morgan fingerprint density at radius 3 is 2.63 bits per heavy atom. The summed E-state index contributed by atoms with van der Waals surface area (Å²) in [5.41, 5.74) is 0.734.